The fraction of sp³-hybridized carbons (Fsp3) is 0.231. The second kappa shape index (κ2) is 9.29. The normalized spacial score (nSPS) is 16.1. The van der Waals surface area contributed by atoms with Gasteiger partial charge in [0, 0.05) is 18.4 Å². The highest BCUT2D eigenvalue weighted by atomic mass is 32.2. The maximum Gasteiger partial charge on any atom is 0.260 e. The van der Waals surface area contributed by atoms with E-state index in [1.165, 1.54) is 17.6 Å². The number of aromatic nitrogens is 1. The zero-order valence-corrected chi connectivity index (χ0v) is 20.3. The Labute approximate surface area is 202 Å². The zero-order chi connectivity index (χ0) is 23.7. The minimum absolute atomic E-state index is 0.0499. The number of ether oxygens (including phenoxy) is 1. The molecule has 1 aliphatic rings. The lowest BCUT2D eigenvalue weighted by atomic mass is 10.0. The molecule has 1 aromatic heterocycles. The molecule has 1 saturated heterocycles. The van der Waals surface area contributed by atoms with Gasteiger partial charge in [0.05, 0.1) is 27.8 Å². The second-order valence-electron chi connectivity index (χ2n) is 8.39. The number of anilines is 1. The van der Waals surface area contributed by atoms with Gasteiger partial charge in [0.25, 0.3) is 5.91 Å². The molecule has 4 aromatic rings. The maximum atomic E-state index is 13.6. The fourth-order valence-corrected chi connectivity index (χ4v) is 5.80. The van der Waals surface area contributed by atoms with Gasteiger partial charge in [0.2, 0.25) is 0 Å². The summed E-state index contributed by atoms with van der Waals surface area (Å²) in [5, 5.41) is 0.535. The van der Waals surface area contributed by atoms with Gasteiger partial charge in [-0.2, -0.15) is 0 Å². The summed E-state index contributed by atoms with van der Waals surface area (Å²) in [5.41, 5.74) is 3.35. The van der Waals surface area contributed by atoms with Crippen LogP contribution in [0.5, 0.6) is 0 Å². The summed E-state index contributed by atoms with van der Waals surface area (Å²) in [5.74, 6) is -0.155. The van der Waals surface area contributed by atoms with E-state index in [9.17, 15) is 13.2 Å². The number of amides is 1. The first kappa shape index (κ1) is 22.7. The Balaban J connectivity index is 1.49. The van der Waals surface area contributed by atoms with Crippen molar-refractivity contribution in [2.45, 2.75) is 23.8 Å². The van der Waals surface area contributed by atoms with Gasteiger partial charge in [-0.1, -0.05) is 53.8 Å². The molecule has 1 atom stereocenters. The van der Waals surface area contributed by atoms with Crippen LogP contribution in [0.2, 0.25) is 0 Å². The van der Waals surface area contributed by atoms with Crippen molar-refractivity contribution in [2.75, 3.05) is 24.3 Å². The van der Waals surface area contributed by atoms with Crippen LogP contribution in [-0.2, 0) is 14.6 Å². The molecule has 0 radical (unpaired) electrons. The topological polar surface area (TPSA) is 76.6 Å². The number of carbonyl (C=O) groups excluding carboxylic acids is 1. The largest absolute Gasteiger partial charge is 0.376 e. The van der Waals surface area contributed by atoms with E-state index in [4.69, 9.17) is 4.74 Å². The maximum absolute atomic E-state index is 13.6. The van der Waals surface area contributed by atoms with Crippen molar-refractivity contribution in [2.24, 2.45) is 0 Å². The number of carbonyl (C=O) groups is 1. The second-order valence-corrected chi connectivity index (χ2v) is 11.4. The van der Waals surface area contributed by atoms with Crippen LogP contribution in [0.4, 0.5) is 5.13 Å². The molecule has 1 fully saturated rings. The van der Waals surface area contributed by atoms with E-state index in [-0.39, 0.29) is 16.9 Å². The van der Waals surface area contributed by atoms with Gasteiger partial charge in [-0.15, -0.1) is 0 Å². The van der Waals surface area contributed by atoms with E-state index < -0.39 is 9.84 Å². The summed E-state index contributed by atoms with van der Waals surface area (Å²) < 4.78 is 30.5. The Morgan fingerprint density at radius 1 is 1.06 bits per heavy atom. The van der Waals surface area contributed by atoms with Gasteiger partial charge in [0.15, 0.2) is 15.0 Å². The summed E-state index contributed by atoms with van der Waals surface area (Å²) in [6, 6.07) is 22.4. The average Bonchev–Trinajstić information content (AvgIpc) is 3.51. The van der Waals surface area contributed by atoms with Crippen LogP contribution in [0.15, 0.2) is 77.7 Å². The number of sulfone groups is 1. The van der Waals surface area contributed by atoms with Gasteiger partial charge >= 0.3 is 0 Å². The third-order valence-corrected chi connectivity index (χ3v) is 8.05. The van der Waals surface area contributed by atoms with Gasteiger partial charge in [0.1, 0.15) is 0 Å². The molecule has 6 nitrogen and oxygen atoms in total. The van der Waals surface area contributed by atoms with Gasteiger partial charge in [-0.25, -0.2) is 13.4 Å². The predicted octanol–water partition coefficient (Wildman–Crippen LogP) is 5.19. The van der Waals surface area contributed by atoms with Crippen molar-refractivity contribution in [3.05, 3.63) is 78.4 Å². The van der Waals surface area contributed by atoms with Crippen molar-refractivity contribution in [1.82, 2.24) is 4.98 Å². The van der Waals surface area contributed by atoms with E-state index in [1.807, 2.05) is 54.6 Å². The number of benzene rings is 3. The van der Waals surface area contributed by atoms with Crippen molar-refractivity contribution in [1.29, 1.82) is 0 Å². The quantitative estimate of drug-likeness (QED) is 0.370. The summed E-state index contributed by atoms with van der Waals surface area (Å²) in [6.45, 7) is 1.09. The first-order valence-corrected chi connectivity index (χ1v) is 13.8. The highest BCUT2D eigenvalue weighted by Crippen LogP contribution is 2.32. The van der Waals surface area contributed by atoms with Crippen LogP contribution in [0.3, 0.4) is 0 Å². The molecule has 1 unspecified atom stereocenters. The lowest BCUT2D eigenvalue weighted by Gasteiger charge is -2.23. The Kier molecular flexibility index (Phi) is 6.20. The minimum Gasteiger partial charge on any atom is -0.376 e. The van der Waals surface area contributed by atoms with Crippen LogP contribution in [0.25, 0.3) is 21.3 Å². The highest BCUT2D eigenvalue weighted by Gasteiger charge is 2.27. The molecule has 8 heteroatoms. The molecular weight excluding hydrogens is 468 g/mol. The SMILES string of the molecule is CS(=O)(=O)c1ccc2nc(N(CC3CCCO3)C(=O)c3ccc(-c4ccccc4)cc3)sc2c1. The summed E-state index contributed by atoms with van der Waals surface area (Å²) in [6.07, 6.45) is 2.99. The molecule has 0 spiro atoms. The van der Waals surface area contributed by atoms with Crippen molar-refractivity contribution in [3.63, 3.8) is 0 Å². The zero-order valence-electron chi connectivity index (χ0n) is 18.7. The molecule has 3 aromatic carbocycles. The number of thiazole rings is 1. The number of fused-ring (bicyclic) bond motifs is 1. The Morgan fingerprint density at radius 3 is 2.47 bits per heavy atom. The third kappa shape index (κ3) is 4.75. The summed E-state index contributed by atoms with van der Waals surface area (Å²) >= 11 is 1.32. The van der Waals surface area contributed by atoms with Crippen molar-refractivity contribution in [3.8, 4) is 11.1 Å². The standard InChI is InChI=1S/C26H24N2O4S2/c1-34(30,31)22-13-14-23-24(16-22)33-26(27-23)28(17-21-8-5-15-32-21)25(29)20-11-9-19(10-12-20)18-6-3-2-4-7-18/h2-4,6-7,9-14,16,21H,5,8,15,17H2,1H3. The summed E-state index contributed by atoms with van der Waals surface area (Å²) in [7, 11) is -3.33. The number of hydrogen-bond acceptors (Lipinski definition) is 6. The molecule has 34 heavy (non-hydrogen) atoms. The minimum atomic E-state index is -3.33. The molecule has 174 valence electrons. The first-order valence-electron chi connectivity index (χ1n) is 11.1. The highest BCUT2D eigenvalue weighted by molar-refractivity contribution is 7.90. The first-order chi connectivity index (χ1) is 16.4. The monoisotopic (exact) mass is 492 g/mol. The molecule has 5 rings (SSSR count). The Morgan fingerprint density at radius 2 is 1.79 bits per heavy atom. The Hall–Kier alpha value is -3.07. The lowest BCUT2D eigenvalue weighted by Crippen LogP contribution is -2.37. The molecule has 2 heterocycles. The predicted molar refractivity (Wildman–Crippen MR) is 135 cm³/mol. The van der Waals surface area contributed by atoms with E-state index in [0.717, 1.165) is 28.7 Å². The fourth-order valence-electron chi connectivity index (χ4n) is 4.07. The van der Waals surface area contributed by atoms with E-state index in [1.54, 1.807) is 23.1 Å². The molecule has 0 aliphatic carbocycles. The van der Waals surface area contributed by atoms with Gasteiger partial charge in [-0.3, -0.25) is 9.69 Å². The van der Waals surface area contributed by atoms with Crippen LogP contribution in [0, 0.1) is 0 Å². The molecule has 0 saturated carbocycles. The molecular formula is C26H24N2O4S2. The Bertz CT molecular complexity index is 1420. The average molecular weight is 493 g/mol. The summed E-state index contributed by atoms with van der Waals surface area (Å²) in [4.78, 5) is 20.2. The van der Waals surface area contributed by atoms with Gasteiger partial charge in [-0.05, 0) is 54.3 Å². The smallest absolute Gasteiger partial charge is 0.260 e. The van der Waals surface area contributed by atoms with E-state index in [0.29, 0.717) is 29.4 Å². The number of nitrogens with zero attached hydrogens (tertiary/aromatic N) is 2. The van der Waals surface area contributed by atoms with Crippen LogP contribution in [-0.4, -0.2) is 44.8 Å². The molecule has 1 amide bonds. The van der Waals surface area contributed by atoms with E-state index >= 15 is 0 Å². The third-order valence-electron chi connectivity index (χ3n) is 5.90. The van der Waals surface area contributed by atoms with Crippen molar-refractivity contribution < 1.29 is 17.9 Å². The van der Waals surface area contributed by atoms with Crippen LogP contribution >= 0.6 is 11.3 Å². The van der Waals surface area contributed by atoms with Crippen LogP contribution < -0.4 is 4.90 Å². The molecule has 0 N–H and O–H groups in total. The van der Waals surface area contributed by atoms with Gasteiger partial charge < -0.3 is 4.74 Å². The molecule has 1 aliphatic heterocycles. The number of rotatable bonds is 6. The van der Waals surface area contributed by atoms with Crippen LogP contribution in [0.1, 0.15) is 23.2 Å². The number of hydrogen-bond donors (Lipinski definition) is 0. The molecule has 0 bridgehead atoms. The van der Waals surface area contributed by atoms with E-state index in [2.05, 4.69) is 4.98 Å². The lowest BCUT2D eigenvalue weighted by molar-refractivity contribution is 0.0917. The van der Waals surface area contributed by atoms with Crippen molar-refractivity contribution >= 4 is 42.4 Å².